The number of hydrogen-bond acceptors (Lipinski definition) is 7. The molecule has 29 heavy (non-hydrogen) atoms. The Hall–Kier alpha value is -4.27. The third kappa shape index (κ3) is 4.53. The molecule has 0 atom stereocenters. The standard InChI is InChI=1S/C20H14N2O7/c23-20(29-19-12-6-4-10-17(19)22(26)27)15-8-2-1-7-14(15)13-28-18-11-5-3-9-16(18)21(24)25/h1-12H,13H2. The maximum absolute atomic E-state index is 12.6. The zero-order valence-electron chi connectivity index (χ0n) is 14.9. The lowest BCUT2D eigenvalue weighted by Gasteiger charge is -2.11. The Labute approximate surface area is 164 Å². The summed E-state index contributed by atoms with van der Waals surface area (Å²) in [7, 11) is 0. The Bertz CT molecular complexity index is 1080. The second kappa shape index (κ2) is 8.61. The van der Waals surface area contributed by atoms with Crippen LogP contribution in [0.5, 0.6) is 11.5 Å². The first-order valence-corrected chi connectivity index (χ1v) is 8.37. The molecule has 0 saturated carbocycles. The Balaban J connectivity index is 1.82. The predicted octanol–water partition coefficient (Wildman–Crippen LogP) is 4.30. The Kier molecular flexibility index (Phi) is 5.79. The van der Waals surface area contributed by atoms with Gasteiger partial charge in [-0.15, -0.1) is 0 Å². The first-order valence-electron chi connectivity index (χ1n) is 8.37. The fourth-order valence-corrected chi connectivity index (χ4v) is 2.58. The van der Waals surface area contributed by atoms with Gasteiger partial charge < -0.3 is 9.47 Å². The lowest BCUT2D eigenvalue weighted by Crippen LogP contribution is -2.13. The molecule has 0 saturated heterocycles. The number of para-hydroxylation sites is 4. The van der Waals surface area contributed by atoms with Gasteiger partial charge in [-0.1, -0.05) is 42.5 Å². The van der Waals surface area contributed by atoms with Crippen molar-refractivity contribution in [3.8, 4) is 11.5 Å². The molecular formula is C20H14N2O7. The van der Waals surface area contributed by atoms with Crippen LogP contribution >= 0.6 is 0 Å². The predicted molar refractivity (Wildman–Crippen MR) is 102 cm³/mol. The molecule has 0 aliphatic carbocycles. The molecule has 0 bridgehead atoms. The molecular weight excluding hydrogens is 380 g/mol. The zero-order chi connectivity index (χ0) is 20.8. The van der Waals surface area contributed by atoms with Gasteiger partial charge >= 0.3 is 17.3 Å². The van der Waals surface area contributed by atoms with Crippen LogP contribution in [0, 0.1) is 20.2 Å². The summed E-state index contributed by atoms with van der Waals surface area (Å²) in [5.74, 6) is -0.933. The molecule has 0 aliphatic heterocycles. The molecule has 3 aromatic rings. The fourth-order valence-electron chi connectivity index (χ4n) is 2.58. The van der Waals surface area contributed by atoms with Crippen LogP contribution in [0.3, 0.4) is 0 Å². The molecule has 0 unspecified atom stereocenters. The van der Waals surface area contributed by atoms with Crippen molar-refractivity contribution in [2.45, 2.75) is 6.61 Å². The van der Waals surface area contributed by atoms with Gasteiger partial charge in [0.25, 0.3) is 0 Å². The second-order valence-corrected chi connectivity index (χ2v) is 5.79. The molecule has 3 rings (SSSR count). The number of hydrogen-bond donors (Lipinski definition) is 0. The van der Waals surface area contributed by atoms with Crippen molar-refractivity contribution in [3.05, 3.63) is 104 Å². The van der Waals surface area contributed by atoms with Crippen molar-refractivity contribution < 1.29 is 24.1 Å². The molecule has 9 nitrogen and oxygen atoms in total. The summed E-state index contributed by atoms with van der Waals surface area (Å²) in [6.45, 7) is -0.132. The highest BCUT2D eigenvalue weighted by atomic mass is 16.6. The summed E-state index contributed by atoms with van der Waals surface area (Å²) in [4.78, 5) is 33.6. The SMILES string of the molecule is O=C(Oc1ccccc1[N+](=O)[O-])c1ccccc1COc1ccccc1[N+](=O)[O-]. The average Bonchev–Trinajstić information content (AvgIpc) is 2.72. The van der Waals surface area contributed by atoms with E-state index < -0.39 is 15.8 Å². The topological polar surface area (TPSA) is 122 Å². The van der Waals surface area contributed by atoms with Gasteiger partial charge in [0, 0.05) is 17.7 Å². The average molecular weight is 394 g/mol. The van der Waals surface area contributed by atoms with Gasteiger partial charge in [-0.25, -0.2) is 4.79 Å². The van der Waals surface area contributed by atoms with Crippen molar-refractivity contribution in [2.24, 2.45) is 0 Å². The van der Waals surface area contributed by atoms with Gasteiger partial charge in [-0.2, -0.15) is 0 Å². The third-order valence-electron chi connectivity index (χ3n) is 3.95. The summed E-state index contributed by atoms with van der Waals surface area (Å²) in [6, 6.07) is 17.7. The first-order chi connectivity index (χ1) is 14.0. The number of carbonyl (C=O) groups is 1. The van der Waals surface area contributed by atoms with E-state index in [4.69, 9.17) is 9.47 Å². The second-order valence-electron chi connectivity index (χ2n) is 5.79. The molecule has 3 aromatic carbocycles. The molecule has 0 aliphatic rings. The Morgan fingerprint density at radius 2 is 1.28 bits per heavy atom. The van der Waals surface area contributed by atoms with E-state index in [1.54, 1.807) is 24.3 Å². The van der Waals surface area contributed by atoms with Crippen LogP contribution in [0.2, 0.25) is 0 Å². The lowest BCUT2D eigenvalue weighted by atomic mass is 10.1. The van der Waals surface area contributed by atoms with Gasteiger partial charge in [-0.05, 0) is 18.2 Å². The van der Waals surface area contributed by atoms with Crippen molar-refractivity contribution >= 4 is 17.3 Å². The van der Waals surface area contributed by atoms with E-state index in [0.717, 1.165) is 0 Å². The smallest absolute Gasteiger partial charge is 0.344 e. The normalized spacial score (nSPS) is 10.2. The van der Waals surface area contributed by atoms with Crippen molar-refractivity contribution in [1.29, 1.82) is 0 Å². The highest BCUT2D eigenvalue weighted by Crippen LogP contribution is 2.29. The van der Waals surface area contributed by atoms with Gasteiger partial charge in [0.2, 0.25) is 5.75 Å². The number of rotatable bonds is 7. The largest absolute Gasteiger partial charge is 0.482 e. The minimum atomic E-state index is -0.805. The van der Waals surface area contributed by atoms with Gasteiger partial charge in [0.15, 0.2) is 5.75 Å². The van der Waals surface area contributed by atoms with Crippen molar-refractivity contribution in [3.63, 3.8) is 0 Å². The number of nitrogens with zero attached hydrogens (tertiary/aromatic N) is 2. The maximum atomic E-state index is 12.6. The van der Waals surface area contributed by atoms with Crippen LogP contribution in [-0.2, 0) is 6.61 Å². The molecule has 0 amide bonds. The first kappa shape index (κ1) is 19.5. The zero-order valence-corrected chi connectivity index (χ0v) is 14.9. The van der Waals surface area contributed by atoms with Crippen LogP contribution < -0.4 is 9.47 Å². The molecule has 146 valence electrons. The van der Waals surface area contributed by atoms with E-state index in [2.05, 4.69) is 0 Å². The summed E-state index contributed by atoms with van der Waals surface area (Å²) >= 11 is 0. The summed E-state index contributed by atoms with van der Waals surface area (Å²) in [6.07, 6.45) is 0. The van der Waals surface area contributed by atoms with E-state index >= 15 is 0 Å². The number of benzene rings is 3. The minimum Gasteiger partial charge on any atom is -0.482 e. The monoisotopic (exact) mass is 394 g/mol. The lowest BCUT2D eigenvalue weighted by molar-refractivity contribution is -0.386. The molecule has 0 spiro atoms. The van der Waals surface area contributed by atoms with Crippen molar-refractivity contribution in [1.82, 2.24) is 0 Å². The molecule has 0 heterocycles. The number of carbonyl (C=O) groups excluding carboxylic acids is 1. The fraction of sp³-hybridized carbons (Fsp3) is 0.0500. The van der Waals surface area contributed by atoms with E-state index in [1.165, 1.54) is 48.5 Å². The van der Waals surface area contributed by atoms with Gasteiger partial charge in [0.1, 0.15) is 6.61 Å². The number of ether oxygens (including phenoxy) is 2. The van der Waals surface area contributed by atoms with E-state index in [1.807, 2.05) is 0 Å². The van der Waals surface area contributed by atoms with Crippen molar-refractivity contribution in [2.75, 3.05) is 0 Å². The third-order valence-corrected chi connectivity index (χ3v) is 3.95. The highest BCUT2D eigenvalue weighted by molar-refractivity contribution is 5.93. The molecule has 0 aromatic heterocycles. The number of esters is 1. The van der Waals surface area contributed by atoms with Crippen LogP contribution in [0.15, 0.2) is 72.8 Å². The van der Waals surface area contributed by atoms with E-state index in [0.29, 0.717) is 5.56 Å². The maximum Gasteiger partial charge on any atom is 0.344 e. The molecule has 9 heteroatoms. The highest BCUT2D eigenvalue weighted by Gasteiger charge is 2.21. The minimum absolute atomic E-state index is 0.0550. The van der Waals surface area contributed by atoms with E-state index in [-0.39, 0.29) is 35.0 Å². The van der Waals surface area contributed by atoms with Crippen LogP contribution in [0.4, 0.5) is 11.4 Å². The molecule has 0 N–H and O–H groups in total. The number of nitro benzene ring substituents is 2. The summed E-state index contributed by atoms with van der Waals surface area (Å²) < 4.78 is 10.7. The van der Waals surface area contributed by atoms with Crippen LogP contribution in [0.25, 0.3) is 0 Å². The van der Waals surface area contributed by atoms with Gasteiger partial charge in [0.05, 0.1) is 15.4 Å². The quantitative estimate of drug-likeness (QED) is 0.253. The number of nitro groups is 2. The van der Waals surface area contributed by atoms with Gasteiger partial charge in [-0.3, -0.25) is 20.2 Å². The van der Waals surface area contributed by atoms with Crippen LogP contribution in [0.1, 0.15) is 15.9 Å². The molecule has 0 fully saturated rings. The van der Waals surface area contributed by atoms with E-state index in [9.17, 15) is 25.0 Å². The molecule has 0 radical (unpaired) electrons. The summed E-state index contributed by atoms with van der Waals surface area (Å²) in [5.41, 5.74) is 0.000398. The summed E-state index contributed by atoms with van der Waals surface area (Å²) in [5, 5.41) is 22.2. The van der Waals surface area contributed by atoms with Crippen LogP contribution in [-0.4, -0.2) is 15.8 Å². The Morgan fingerprint density at radius 3 is 1.93 bits per heavy atom. The Morgan fingerprint density at radius 1 is 0.759 bits per heavy atom.